The van der Waals surface area contributed by atoms with Crippen LogP contribution in [0.1, 0.15) is 32.6 Å². The number of thioether (sulfide) groups is 1. The summed E-state index contributed by atoms with van der Waals surface area (Å²) in [6.07, 6.45) is 4.74. The third-order valence-electron chi connectivity index (χ3n) is 4.41. The van der Waals surface area contributed by atoms with Crippen LogP contribution in [0.4, 0.5) is 5.69 Å². The maximum Gasteiger partial charge on any atom is 0.242 e. The summed E-state index contributed by atoms with van der Waals surface area (Å²) in [5.74, 6) is 0.297. The van der Waals surface area contributed by atoms with E-state index in [2.05, 4.69) is 41.0 Å². The quantitative estimate of drug-likeness (QED) is 0.855. The van der Waals surface area contributed by atoms with Crippen LogP contribution in [0.25, 0.3) is 0 Å². The van der Waals surface area contributed by atoms with E-state index in [4.69, 9.17) is 0 Å². The van der Waals surface area contributed by atoms with E-state index in [0.29, 0.717) is 17.7 Å². The number of para-hydroxylation sites is 1. The molecular formula is C17H24N2OS. The third-order valence-corrected chi connectivity index (χ3v) is 5.83. The summed E-state index contributed by atoms with van der Waals surface area (Å²) >= 11 is 1.96. The molecule has 0 radical (unpaired) electrons. The van der Waals surface area contributed by atoms with E-state index in [1.165, 1.54) is 17.0 Å². The zero-order valence-electron chi connectivity index (χ0n) is 12.8. The molecule has 3 rings (SSSR count). The molecule has 21 heavy (non-hydrogen) atoms. The maximum atomic E-state index is 12.5. The van der Waals surface area contributed by atoms with Crippen molar-refractivity contribution in [2.45, 2.75) is 42.8 Å². The highest BCUT2D eigenvalue weighted by Gasteiger charge is 2.27. The number of amides is 1. The molecule has 0 bridgehead atoms. The molecule has 1 aromatic carbocycles. The highest BCUT2D eigenvalue weighted by molar-refractivity contribution is 8.00. The fourth-order valence-corrected chi connectivity index (χ4v) is 4.40. The molecule has 0 aromatic heterocycles. The topological polar surface area (TPSA) is 23.6 Å². The second kappa shape index (κ2) is 6.73. The standard InChI is InChI=1S/C17H24N2OS/c1-2-14-12-19(15-8-4-5-9-16(15)21-14)13-17(20)18-10-6-3-7-11-18/h4-5,8-9,14H,2-3,6-7,10-13H2,1H3/t14-/m0/s1. The number of carbonyl (C=O) groups is 1. The van der Waals surface area contributed by atoms with Gasteiger partial charge in [0, 0.05) is 29.8 Å². The Bertz CT molecular complexity index is 499. The van der Waals surface area contributed by atoms with Gasteiger partial charge in [-0.25, -0.2) is 0 Å². The fourth-order valence-electron chi connectivity index (χ4n) is 3.15. The van der Waals surface area contributed by atoms with E-state index in [-0.39, 0.29) is 0 Å². The number of piperidine rings is 1. The molecule has 1 fully saturated rings. The van der Waals surface area contributed by atoms with Gasteiger partial charge in [0.25, 0.3) is 0 Å². The van der Waals surface area contributed by atoms with E-state index in [1.807, 2.05) is 11.8 Å². The van der Waals surface area contributed by atoms with E-state index in [1.54, 1.807) is 0 Å². The summed E-state index contributed by atoms with van der Waals surface area (Å²) < 4.78 is 0. The van der Waals surface area contributed by atoms with Crippen molar-refractivity contribution in [1.82, 2.24) is 4.90 Å². The van der Waals surface area contributed by atoms with Gasteiger partial charge in [0.05, 0.1) is 12.2 Å². The van der Waals surface area contributed by atoms with Gasteiger partial charge in [-0.3, -0.25) is 4.79 Å². The molecule has 0 N–H and O–H groups in total. The summed E-state index contributed by atoms with van der Waals surface area (Å²) in [7, 11) is 0. The largest absolute Gasteiger partial charge is 0.360 e. The molecule has 4 heteroatoms. The Morgan fingerprint density at radius 1 is 1.24 bits per heavy atom. The highest BCUT2D eigenvalue weighted by Crippen LogP contribution is 2.39. The van der Waals surface area contributed by atoms with Crippen LogP contribution in [0.5, 0.6) is 0 Å². The van der Waals surface area contributed by atoms with Gasteiger partial charge in [-0.2, -0.15) is 0 Å². The first kappa shape index (κ1) is 14.8. The first-order chi connectivity index (χ1) is 10.3. The van der Waals surface area contributed by atoms with Gasteiger partial charge in [-0.1, -0.05) is 19.1 Å². The van der Waals surface area contributed by atoms with Crippen LogP contribution in [-0.2, 0) is 4.79 Å². The van der Waals surface area contributed by atoms with Gasteiger partial charge in [-0.05, 0) is 37.8 Å². The molecule has 0 aliphatic carbocycles. The Labute approximate surface area is 131 Å². The summed E-state index contributed by atoms with van der Waals surface area (Å²) in [5, 5.41) is 0.592. The molecule has 1 aromatic rings. The van der Waals surface area contributed by atoms with Gasteiger partial charge in [0.15, 0.2) is 0 Å². The molecule has 114 valence electrons. The van der Waals surface area contributed by atoms with Crippen molar-refractivity contribution in [3.05, 3.63) is 24.3 Å². The zero-order chi connectivity index (χ0) is 14.7. The summed E-state index contributed by atoms with van der Waals surface area (Å²) in [6.45, 7) is 5.64. The Morgan fingerprint density at radius 2 is 2.00 bits per heavy atom. The number of fused-ring (bicyclic) bond motifs is 1. The van der Waals surface area contributed by atoms with Gasteiger partial charge in [-0.15, -0.1) is 11.8 Å². The number of carbonyl (C=O) groups excluding carboxylic acids is 1. The average Bonchev–Trinajstić information content (AvgIpc) is 2.55. The van der Waals surface area contributed by atoms with Crippen molar-refractivity contribution in [1.29, 1.82) is 0 Å². The maximum absolute atomic E-state index is 12.5. The number of hydrogen-bond donors (Lipinski definition) is 0. The summed E-state index contributed by atoms with van der Waals surface area (Å²) in [6, 6.07) is 8.50. The minimum atomic E-state index is 0.297. The van der Waals surface area contributed by atoms with E-state index >= 15 is 0 Å². The molecule has 2 heterocycles. The van der Waals surface area contributed by atoms with Gasteiger partial charge in [0.1, 0.15) is 0 Å². The Morgan fingerprint density at radius 3 is 2.76 bits per heavy atom. The first-order valence-electron chi connectivity index (χ1n) is 8.06. The normalized spacial score (nSPS) is 22.0. The smallest absolute Gasteiger partial charge is 0.242 e. The molecule has 3 nitrogen and oxygen atoms in total. The third kappa shape index (κ3) is 3.37. The predicted octanol–water partition coefficient (Wildman–Crippen LogP) is 3.39. The van der Waals surface area contributed by atoms with E-state index in [9.17, 15) is 4.79 Å². The van der Waals surface area contributed by atoms with Crippen LogP contribution in [0.2, 0.25) is 0 Å². The van der Waals surface area contributed by atoms with E-state index < -0.39 is 0 Å². The van der Waals surface area contributed by atoms with Crippen LogP contribution in [0.15, 0.2) is 29.2 Å². The predicted molar refractivity (Wildman–Crippen MR) is 89.0 cm³/mol. The molecule has 0 spiro atoms. The van der Waals surface area contributed by atoms with Crippen molar-refractivity contribution in [3.8, 4) is 0 Å². The van der Waals surface area contributed by atoms with Crippen LogP contribution in [0.3, 0.4) is 0 Å². The van der Waals surface area contributed by atoms with Crippen molar-refractivity contribution in [3.63, 3.8) is 0 Å². The lowest BCUT2D eigenvalue weighted by atomic mass is 10.1. The summed E-state index contributed by atoms with van der Waals surface area (Å²) in [5.41, 5.74) is 1.23. The minimum absolute atomic E-state index is 0.297. The van der Waals surface area contributed by atoms with E-state index in [0.717, 1.165) is 38.9 Å². The molecule has 2 aliphatic heterocycles. The molecule has 1 saturated heterocycles. The lowest BCUT2D eigenvalue weighted by molar-refractivity contribution is -0.130. The Hall–Kier alpha value is -1.16. The molecule has 0 saturated carbocycles. The number of benzene rings is 1. The first-order valence-corrected chi connectivity index (χ1v) is 8.94. The molecule has 0 unspecified atom stereocenters. The second-order valence-corrected chi connectivity index (χ2v) is 7.28. The van der Waals surface area contributed by atoms with Gasteiger partial charge < -0.3 is 9.80 Å². The van der Waals surface area contributed by atoms with Gasteiger partial charge >= 0.3 is 0 Å². The van der Waals surface area contributed by atoms with Gasteiger partial charge in [0.2, 0.25) is 5.91 Å². The zero-order valence-corrected chi connectivity index (χ0v) is 13.6. The molecular weight excluding hydrogens is 280 g/mol. The van der Waals surface area contributed by atoms with Crippen LogP contribution < -0.4 is 4.90 Å². The average molecular weight is 304 g/mol. The van der Waals surface area contributed by atoms with Crippen LogP contribution in [-0.4, -0.2) is 42.2 Å². The Balaban J connectivity index is 1.73. The number of nitrogens with zero attached hydrogens (tertiary/aromatic N) is 2. The second-order valence-electron chi connectivity index (χ2n) is 5.94. The SMILES string of the molecule is CC[C@H]1CN(CC(=O)N2CCCCC2)c2ccccc2S1. The number of anilines is 1. The molecule has 2 aliphatic rings. The van der Waals surface area contributed by atoms with Crippen LogP contribution >= 0.6 is 11.8 Å². The molecule has 1 amide bonds. The van der Waals surface area contributed by atoms with Crippen molar-refractivity contribution in [2.75, 3.05) is 31.1 Å². The van der Waals surface area contributed by atoms with Crippen molar-refractivity contribution in [2.24, 2.45) is 0 Å². The van der Waals surface area contributed by atoms with Crippen LogP contribution in [0, 0.1) is 0 Å². The highest BCUT2D eigenvalue weighted by atomic mass is 32.2. The minimum Gasteiger partial charge on any atom is -0.360 e. The summed E-state index contributed by atoms with van der Waals surface area (Å²) in [4.78, 5) is 18.2. The number of likely N-dealkylation sites (tertiary alicyclic amines) is 1. The monoisotopic (exact) mass is 304 g/mol. The number of rotatable bonds is 3. The lowest BCUT2D eigenvalue weighted by Gasteiger charge is -2.36. The lowest BCUT2D eigenvalue weighted by Crippen LogP contribution is -2.45. The Kier molecular flexibility index (Phi) is 4.73. The van der Waals surface area contributed by atoms with Crippen molar-refractivity contribution < 1.29 is 4.79 Å². The van der Waals surface area contributed by atoms with Crippen molar-refractivity contribution >= 4 is 23.4 Å². The fraction of sp³-hybridized carbons (Fsp3) is 0.588. The molecule has 1 atom stereocenters. The number of hydrogen-bond acceptors (Lipinski definition) is 3.